The van der Waals surface area contributed by atoms with Gasteiger partial charge in [0.25, 0.3) is 0 Å². The molecule has 0 N–H and O–H groups in total. The van der Waals surface area contributed by atoms with E-state index in [9.17, 15) is 22.4 Å². The van der Waals surface area contributed by atoms with Crippen LogP contribution in [0.25, 0.3) is 0 Å². The highest BCUT2D eigenvalue weighted by molar-refractivity contribution is 5.77. The van der Waals surface area contributed by atoms with Crippen molar-refractivity contribution in [3.63, 3.8) is 0 Å². The zero-order valence-electron chi connectivity index (χ0n) is 16.5. The fourth-order valence-electron chi connectivity index (χ4n) is 3.18. The highest BCUT2D eigenvalue weighted by Gasteiger charge is 2.32. The zero-order valence-corrected chi connectivity index (χ0v) is 16.5. The van der Waals surface area contributed by atoms with Crippen LogP contribution < -0.4 is 9.47 Å². The van der Waals surface area contributed by atoms with E-state index in [-0.39, 0.29) is 35.7 Å². The smallest absolute Gasteiger partial charge is 0.422 e. The maximum atomic E-state index is 13.4. The zero-order chi connectivity index (χ0) is 21.7. The van der Waals surface area contributed by atoms with Gasteiger partial charge in [0.1, 0.15) is 5.82 Å². The Kier molecular flexibility index (Phi) is 6.84. The molecule has 4 nitrogen and oxygen atoms in total. The number of rotatable bonds is 9. The SMILES string of the molecule is COc1cc(CCC(=O)N(Cc2cccc(F)c2)C2CC2)ccc1OCC(F)(F)F. The van der Waals surface area contributed by atoms with E-state index in [0.29, 0.717) is 13.0 Å². The number of ether oxygens (including phenoxy) is 2. The molecule has 30 heavy (non-hydrogen) atoms. The van der Waals surface area contributed by atoms with E-state index in [1.54, 1.807) is 29.2 Å². The van der Waals surface area contributed by atoms with E-state index >= 15 is 0 Å². The van der Waals surface area contributed by atoms with Crippen molar-refractivity contribution in [2.45, 2.75) is 44.4 Å². The number of carbonyl (C=O) groups is 1. The van der Waals surface area contributed by atoms with Gasteiger partial charge >= 0.3 is 6.18 Å². The molecule has 1 aliphatic rings. The summed E-state index contributed by atoms with van der Waals surface area (Å²) in [6.45, 7) is -1.05. The highest BCUT2D eigenvalue weighted by Crippen LogP contribution is 2.31. The van der Waals surface area contributed by atoms with Gasteiger partial charge in [-0.3, -0.25) is 4.79 Å². The second kappa shape index (κ2) is 9.36. The number of halogens is 4. The van der Waals surface area contributed by atoms with Crippen LogP contribution in [-0.2, 0) is 17.8 Å². The van der Waals surface area contributed by atoms with Crippen LogP contribution in [0.2, 0.25) is 0 Å². The third-order valence-corrected chi connectivity index (χ3v) is 4.80. The first kappa shape index (κ1) is 21.9. The number of amides is 1. The maximum absolute atomic E-state index is 13.4. The predicted molar refractivity (Wildman–Crippen MR) is 103 cm³/mol. The van der Waals surface area contributed by atoms with Crippen LogP contribution in [0.3, 0.4) is 0 Å². The van der Waals surface area contributed by atoms with E-state index in [4.69, 9.17) is 9.47 Å². The average molecular weight is 425 g/mol. The number of alkyl halides is 3. The molecule has 0 aromatic heterocycles. The second-order valence-electron chi connectivity index (χ2n) is 7.27. The lowest BCUT2D eigenvalue weighted by atomic mass is 10.1. The summed E-state index contributed by atoms with van der Waals surface area (Å²) in [4.78, 5) is 14.5. The molecule has 0 spiro atoms. The van der Waals surface area contributed by atoms with Gasteiger partial charge in [-0.1, -0.05) is 18.2 Å². The molecular formula is C22H23F4NO3. The van der Waals surface area contributed by atoms with Crippen LogP contribution in [-0.4, -0.2) is 36.7 Å². The third-order valence-electron chi connectivity index (χ3n) is 4.80. The minimum Gasteiger partial charge on any atom is -0.493 e. The van der Waals surface area contributed by atoms with Crippen molar-refractivity contribution >= 4 is 5.91 Å². The lowest BCUT2D eigenvalue weighted by Crippen LogP contribution is -2.32. The molecule has 0 saturated heterocycles. The predicted octanol–water partition coefficient (Wildman–Crippen LogP) is 4.90. The van der Waals surface area contributed by atoms with Crippen LogP contribution in [0.15, 0.2) is 42.5 Å². The van der Waals surface area contributed by atoms with Crippen molar-refractivity contribution in [2.24, 2.45) is 0 Å². The average Bonchev–Trinajstić information content (AvgIpc) is 3.53. The first-order chi connectivity index (χ1) is 14.2. The number of carbonyl (C=O) groups excluding carboxylic acids is 1. The normalized spacial score (nSPS) is 13.8. The molecular weight excluding hydrogens is 402 g/mol. The van der Waals surface area contributed by atoms with Crippen LogP contribution >= 0.6 is 0 Å². The number of methoxy groups -OCH3 is 1. The number of hydrogen-bond acceptors (Lipinski definition) is 3. The van der Waals surface area contributed by atoms with Crippen LogP contribution in [0.5, 0.6) is 11.5 Å². The Bertz CT molecular complexity index is 881. The Morgan fingerprint density at radius 1 is 1.10 bits per heavy atom. The Labute approximate surface area is 172 Å². The molecule has 0 heterocycles. The highest BCUT2D eigenvalue weighted by atomic mass is 19.4. The van der Waals surface area contributed by atoms with Gasteiger partial charge in [-0.05, 0) is 54.7 Å². The van der Waals surface area contributed by atoms with E-state index in [1.165, 1.54) is 25.3 Å². The fraction of sp³-hybridized carbons (Fsp3) is 0.409. The van der Waals surface area contributed by atoms with Gasteiger partial charge in [0, 0.05) is 19.0 Å². The molecule has 0 atom stereocenters. The molecule has 1 fully saturated rings. The van der Waals surface area contributed by atoms with Crippen LogP contribution in [0.1, 0.15) is 30.4 Å². The summed E-state index contributed by atoms with van der Waals surface area (Å²) in [5.41, 5.74) is 1.49. The Morgan fingerprint density at radius 3 is 2.50 bits per heavy atom. The van der Waals surface area contributed by atoms with Gasteiger partial charge in [-0.25, -0.2) is 4.39 Å². The molecule has 0 radical (unpaired) electrons. The molecule has 1 amide bonds. The largest absolute Gasteiger partial charge is 0.493 e. The monoisotopic (exact) mass is 425 g/mol. The Hall–Kier alpha value is -2.77. The second-order valence-corrected chi connectivity index (χ2v) is 7.27. The summed E-state index contributed by atoms with van der Waals surface area (Å²) >= 11 is 0. The lowest BCUT2D eigenvalue weighted by molar-refractivity contribution is -0.153. The molecule has 0 aliphatic heterocycles. The summed E-state index contributed by atoms with van der Waals surface area (Å²) in [7, 11) is 1.35. The number of nitrogens with zero attached hydrogens (tertiary/aromatic N) is 1. The van der Waals surface area contributed by atoms with Gasteiger partial charge in [0.2, 0.25) is 5.91 Å². The van der Waals surface area contributed by atoms with Crippen LogP contribution in [0.4, 0.5) is 17.6 Å². The lowest BCUT2D eigenvalue weighted by Gasteiger charge is -2.23. The maximum Gasteiger partial charge on any atom is 0.422 e. The first-order valence-electron chi connectivity index (χ1n) is 9.65. The number of aryl methyl sites for hydroxylation is 1. The van der Waals surface area contributed by atoms with Gasteiger partial charge < -0.3 is 14.4 Å². The third kappa shape index (κ3) is 6.37. The first-order valence-corrected chi connectivity index (χ1v) is 9.65. The van der Waals surface area contributed by atoms with Crippen molar-refractivity contribution in [1.29, 1.82) is 0 Å². The molecule has 0 unspecified atom stereocenters. The molecule has 3 rings (SSSR count). The topological polar surface area (TPSA) is 38.8 Å². The Balaban J connectivity index is 1.61. The molecule has 2 aromatic rings. The van der Waals surface area contributed by atoms with Gasteiger partial charge in [0.15, 0.2) is 18.1 Å². The summed E-state index contributed by atoms with van der Waals surface area (Å²) in [6, 6.07) is 11.0. The van der Waals surface area contributed by atoms with Gasteiger partial charge in [0.05, 0.1) is 7.11 Å². The molecule has 162 valence electrons. The van der Waals surface area contributed by atoms with Crippen molar-refractivity contribution in [3.8, 4) is 11.5 Å². The molecule has 2 aromatic carbocycles. The standard InChI is InChI=1S/C22H23F4NO3/c1-29-20-12-15(5-9-19(20)30-14-22(24,25)26)6-10-21(28)27(18-7-8-18)13-16-3-2-4-17(23)11-16/h2-5,9,11-12,18H,6-8,10,13-14H2,1H3. The molecule has 8 heteroatoms. The molecule has 0 bridgehead atoms. The molecule has 1 saturated carbocycles. The minimum absolute atomic E-state index is 0.00406. The minimum atomic E-state index is -4.44. The summed E-state index contributed by atoms with van der Waals surface area (Å²) in [5.74, 6) is -0.202. The Morgan fingerprint density at radius 2 is 1.87 bits per heavy atom. The fourth-order valence-corrected chi connectivity index (χ4v) is 3.18. The molecule has 1 aliphatic carbocycles. The van der Waals surface area contributed by atoms with Crippen LogP contribution in [0, 0.1) is 5.82 Å². The summed E-state index contributed by atoms with van der Waals surface area (Å²) in [5, 5.41) is 0. The van der Waals surface area contributed by atoms with E-state index in [1.807, 2.05) is 0 Å². The summed E-state index contributed by atoms with van der Waals surface area (Å²) < 4.78 is 60.4. The van der Waals surface area contributed by atoms with E-state index < -0.39 is 12.8 Å². The quantitative estimate of drug-likeness (QED) is 0.537. The number of benzene rings is 2. The number of hydrogen-bond donors (Lipinski definition) is 0. The van der Waals surface area contributed by atoms with E-state index in [0.717, 1.165) is 24.0 Å². The van der Waals surface area contributed by atoms with Crippen molar-refractivity contribution in [2.75, 3.05) is 13.7 Å². The van der Waals surface area contributed by atoms with Gasteiger partial charge in [-0.2, -0.15) is 13.2 Å². The van der Waals surface area contributed by atoms with E-state index in [2.05, 4.69) is 0 Å². The van der Waals surface area contributed by atoms with Crippen molar-refractivity contribution in [1.82, 2.24) is 4.90 Å². The van der Waals surface area contributed by atoms with Gasteiger partial charge in [-0.15, -0.1) is 0 Å². The van der Waals surface area contributed by atoms with Crippen molar-refractivity contribution < 1.29 is 31.8 Å². The summed E-state index contributed by atoms with van der Waals surface area (Å²) in [6.07, 6.45) is -1.94. The van der Waals surface area contributed by atoms with Crippen molar-refractivity contribution in [3.05, 3.63) is 59.4 Å².